The maximum atomic E-state index is 12.3. The molecule has 2 aliphatic heterocycles. The Labute approximate surface area is 109 Å². The molecule has 18 heavy (non-hydrogen) atoms. The lowest BCUT2D eigenvalue weighted by Crippen LogP contribution is -2.52. The van der Waals surface area contributed by atoms with Crippen LogP contribution in [0.5, 0.6) is 0 Å². The van der Waals surface area contributed by atoms with Crippen molar-refractivity contribution in [1.29, 1.82) is 0 Å². The summed E-state index contributed by atoms with van der Waals surface area (Å²) in [4.78, 5) is 36.0. The number of nitrogens with one attached hydrogen (secondary N) is 1. The number of carbonyl (C=O) groups excluding carboxylic acids is 2. The van der Waals surface area contributed by atoms with E-state index in [4.69, 9.17) is 5.11 Å². The molecule has 2 heterocycles. The third-order valence-corrected chi connectivity index (χ3v) is 4.73. The molecule has 2 fully saturated rings. The van der Waals surface area contributed by atoms with Crippen molar-refractivity contribution in [3.8, 4) is 0 Å². The van der Waals surface area contributed by atoms with Crippen molar-refractivity contribution in [2.75, 3.05) is 5.75 Å². The van der Waals surface area contributed by atoms with E-state index < -0.39 is 18.1 Å². The van der Waals surface area contributed by atoms with Crippen LogP contribution in [0.25, 0.3) is 0 Å². The fraction of sp³-hybridized carbons (Fsp3) is 0.727. The van der Waals surface area contributed by atoms with Gasteiger partial charge in [0.05, 0.1) is 5.37 Å². The molecule has 2 rings (SSSR count). The highest BCUT2D eigenvalue weighted by Gasteiger charge is 2.44. The zero-order valence-electron chi connectivity index (χ0n) is 10.1. The summed E-state index contributed by atoms with van der Waals surface area (Å²) in [6.45, 7) is 1.93. The van der Waals surface area contributed by atoms with E-state index in [1.54, 1.807) is 0 Å². The van der Waals surface area contributed by atoms with E-state index in [0.717, 1.165) is 0 Å². The SMILES string of the molecule is CCC1SCC(C(=O)O)N1C(=O)C1CCC(=O)N1. The first-order valence-corrected chi connectivity index (χ1v) is 7.05. The third kappa shape index (κ3) is 2.31. The second kappa shape index (κ2) is 5.17. The maximum Gasteiger partial charge on any atom is 0.327 e. The van der Waals surface area contributed by atoms with Crippen LogP contribution in [0.15, 0.2) is 0 Å². The molecule has 2 saturated heterocycles. The first kappa shape index (κ1) is 13.2. The summed E-state index contributed by atoms with van der Waals surface area (Å²) < 4.78 is 0. The van der Waals surface area contributed by atoms with Crippen molar-refractivity contribution in [1.82, 2.24) is 10.2 Å². The monoisotopic (exact) mass is 272 g/mol. The number of aliphatic carboxylic acids is 1. The molecule has 7 heteroatoms. The summed E-state index contributed by atoms with van der Waals surface area (Å²) >= 11 is 1.49. The maximum absolute atomic E-state index is 12.3. The van der Waals surface area contributed by atoms with Gasteiger partial charge in [-0.05, 0) is 12.8 Å². The second-order valence-corrected chi connectivity index (χ2v) is 5.67. The molecule has 0 aromatic carbocycles. The highest BCUT2D eigenvalue weighted by atomic mass is 32.2. The van der Waals surface area contributed by atoms with Gasteiger partial charge in [0, 0.05) is 12.2 Å². The van der Waals surface area contributed by atoms with Crippen LogP contribution in [0.4, 0.5) is 0 Å². The number of thioether (sulfide) groups is 1. The molecule has 0 aromatic heterocycles. The highest BCUT2D eigenvalue weighted by Crippen LogP contribution is 2.32. The smallest absolute Gasteiger partial charge is 0.327 e. The number of carbonyl (C=O) groups is 3. The van der Waals surface area contributed by atoms with E-state index in [1.165, 1.54) is 16.7 Å². The fourth-order valence-electron chi connectivity index (χ4n) is 2.34. The van der Waals surface area contributed by atoms with Gasteiger partial charge in [-0.25, -0.2) is 4.79 Å². The van der Waals surface area contributed by atoms with Crippen molar-refractivity contribution < 1.29 is 19.5 Å². The molecule has 0 spiro atoms. The van der Waals surface area contributed by atoms with Crippen molar-refractivity contribution in [3.63, 3.8) is 0 Å². The molecule has 0 radical (unpaired) electrons. The lowest BCUT2D eigenvalue weighted by Gasteiger charge is -2.29. The average molecular weight is 272 g/mol. The van der Waals surface area contributed by atoms with Gasteiger partial charge in [0.1, 0.15) is 12.1 Å². The topological polar surface area (TPSA) is 86.7 Å². The zero-order chi connectivity index (χ0) is 13.3. The van der Waals surface area contributed by atoms with Gasteiger partial charge in [-0.3, -0.25) is 9.59 Å². The Morgan fingerprint density at radius 1 is 1.56 bits per heavy atom. The van der Waals surface area contributed by atoms with E-state index in [2.05, 4.69) is 5.32 Å². The van der Waals surface area contributed by atoms with Crippen molar-refractivity contribution in [3.05, 3.63) is 0 Å². The minimum atomic E-state index is -0.976. The number of carboxylic acids is 1. The number of carboxylic acid groups (broad SMARTS) is 1. The van der Waals surface area contributed by atoms with Crippen LogP contribution < -0.4 is 5.32 Å². The van der Waals surface area contributed by atoms with Crippen molar-refractivity contribution >= 4 is 29.5 Å². The van der Waals surface area contributed by atoms with Gasteiger partial charge in [0.2, 0.25) is 11.8 Å². The van der Waals surface area contributed by atoms with Gasteiger partial charge in [-0.2, -0.15) is 0 Å². The summed E-state index contributed by atoms with van der Waals surface area (Å²) in [5.41, 5.74) is 0. The van der Waals surface area contributed by atoms with E-state index in [9.17, 15) is 14.4 Å². The Hall–Kier alpha value is -1.24. The van der Waals surface area contributed by atoms with Crippen LogP contribution in [0.2, 0.25) is 0 Å². The lowest BCUT2D eigenvalue weighted by molar-refractivity contribution is -0.150. The Morgan fingerprint density at radius 2 is 2.28 bits per heavy atom. The Morgan fingerprint density at radius 3 is 2.78 bits per heavy atom. The quantitative estimate of drug-likeness (QED) is 0.757. The minimum Gasteiger partial charge on any atom is -0.480 e. The van der Waals surface area contributed by atoms with Crippen LogP contribution in [0, 0.1) is 0 Å². The lowest BCUT2D eigenvalue weighted by atomic mass is 10.1. The van der Waals surface area contributed by atoms with Crippen molar-refractivity contribution in [2.45, 2.75) is 43.6 Å². The number of rotatable bonds is 3. The molecular formula is C11H16N2O4S. The van der Waals surface area contributed by atoms with Gasteiger partial charge >= 0.3 is 5.97 Å². The Balaban J connectivity index is 2.14. The summed E-state index contributed by atoms with van der Waals surface area (Å²) in [6.07, 6.45) is 1.51. The van der Waals surface area contributed by atoms with E-state index >= 15 is 0 Å². The van der Waals surface area contributed by atoms with Crippen LogP contribution in [-0.4, -0.2) is 51.0 Å². The van der Waals surface area contributed by atoms with Gasteiger partial charge in [0.15, 0.2) is 0 Å². The summed E-state index contributed by atoms with van der Waals surface area (Å²) in [7, 11) is 0. The van der Waals surface area contributed by atoms with E-state index in [0.29, 0.717) is 25.0 Å². The molecule has 0 aromatic rings. The highest BCUT2D eigenvalue weighted by molar-refractivity contribution is 8.00. The molecule has 6 nitrogen and oxygen atoms in total. The number of amides is 2. The van der Waals surface area contributed by atoms with E-state index in [-0.39, 0.29) is 17.2 Å². The molecule has 2 N–H and O–H groups in total. The predicted molar refractivity (Wildman–Crippen MR) is 66.0 cm³/mol. The molecule has 2 aliphatic rings. The molecular weight excluding hydrogens is 256 g/mol. The normalized spacial score (nSPS) is 31.5. The molecule has 0 aliphatic carbocycles. The average Bonchev–Trinajstić information content (AvgIpc) is 2.93. The molecule has 100 valence electrons. The molecule has 3 atom stereocenters. The number of hydrogen-bond donors (Lipinski definition) is 2. The van der Waals surface area contributed by atoms with Gasteiger partial charge in [0.25, 0.3) is 0 Å². The van der Waals surface area contributed by atoms with Crippen molar-refractivity contribution in [2.24, 2.45) is 0 Å². The molecule has 0 bridgehead atoms. The summed E-state index contributed by atoms with van der Waals surface area (Å²) in [5, 5.41) is 11.6. The van der Waals surface area contributed by atoms with Crippen LogP contribution >= 0.6 is 11.8 Å². The zero-order valence-corrected chi connectivity index (χ0v) is 10.9. The first-order valence-electron chi connectivity index (χ1n) is 6.00. The molecule has 0 saturated carbocycles. The fourth-order valence-corrected chi connectivity index (χ4v) is 3.70. The molecule has 2 amide bonds. The van der Waals surface area contributed by atoms with Crippen LogP contribution in [0.1, 0.15) is 26.2 Å². The largest absolute Gasteiger partial charge is 0.480 e. The van der Waals surface area contributed by atoms with Crippen LogP contribution in [-0.2, 0) is 14.4 Å². The predicted octanol–water partition coefficient (Wildman–Crippen LogP) is 0.0297. The Bertz CT molecular complexity index is 387. The van der Waals surface area contributed by atoms with Crippen LogP contribution in [0.3, 0.4) is 0 Å². The van der Waals surface area contributed by atoms with Gasteiger partial charge in [-0.15, -0.1) is 11.8 Å². The van der Waals surface area contributed by atoms with Gasteiger partial charge < -0.3 is 15.3 Å². The molecule has 3 unspecified atom stereocenters. The minimum absolute atomic E-state index is 0.101. The summed E-state index contributed by atoms with van der Waals surface area (Å²) in [5.74, 6) is -0.957. The third-order valence-electron chi connectivity index (χ3n) is 3.27. The number of hydrogen-bond acceptors (Lipinski definition) is 4. The standard InChI is InChI=1S/C11H16N2O4S/c1-2-9-13(7(5-18-9)11(16)17)10(15)6-3-4-8(14)12-6/h6-7,9H,2-5H2,1H3,(H,12,14)(H,16,17). The first-order chi connectivity index (χ1) is 8.54. The Kier molecular flexibility index (Phi) is 3.79. The van der Waals surface area contributed by atoms with Gasteiger partial charge in [-0.1, -0.05) is 6.92 Å². The number of nitrogens with zero attached hydrogens (tertiary/aromatic N) is 1. The summed E-state index contributed by atoms with van der Waals surface area (Å²) in [6, 6.07) is -1.32. The van der Waals surface area contributed by atoms with E-state index in [1.807, 2.05) is 6.92 Å². The second-order valence-electron chi connectivity index (χ2n) is 4.45.